The molecule has 1 saturated carbocycles. The molecule has 4 rings (SSSR count). The first kappa shape index (κ1) is 28.2. The smallest absolute Gasteiger partial charge is 0.338 e. The van der Waals surface area contributed by atoms with Gasteiger partial charge in [0.2, 0.25) is 11.8 Å². The summed E-state index contributed by atoms with van der Waals surface area (Å²) in [7, 11) is 0. The van der Waals surface area contributed by atoms with Gasteiger partial charge in [-0.3, -0.25) is 9.59 Å². The van der Waals surface area contributed by atoms with Crippen LogP contribution in [0.2, 0.25) is 0 Å². The van der Waals surface area contributed by atoms with Gasteiger partial charge in [-0.25, -0.2) is 23.2 Å². The maximum Gasteiger partial charge on any atom is 0.410 e. The van der Waals surface area contributed by atoms with Gasteiger partial charge in [0.1, 0.15) is 23.6 Å². The number of hydrogen-bond donors (Lipinski definition) is 3. The number of hydrogen-bond acceptors (Lipinski definition) is 7. The summed E-state index contributed by atoms with van der Waals surface area (Å²) < 4.78 is 71.3. The Bertz CT molecular complexity index is 1230. The van der Waals surface area contributed by atoms with Crippen LogP contribution in [0.5, 0.6) is 0 Å². The third-order valence-electron chi connectivity index (χ3n) is 6.99. The fourth-order valence-electron chi connectivity index (χ4n) is 4.68. The van der Waals surface area contributed by atoms with E-state index in [0.29, 0.717) is 5.56 Å². The summed E-state index contributed by atoms with van der Waals surface area (Å²) in [5.74, 6) is -5.01. The van der Waals surface area contributed by atoms with Gasteiger partial charge in [-0.2, -0.15) is 13.2 Å². The molecule has 1 aliphatic heterocycles. The molecule has 16 heteroatoms. The second-order valence-corrected chi connectivity index (χ2v) is 9.68. The lowest BCUT2D eigenvalue weighted by atomic mass is 9.81. The second kappa shape index (κ2) is 10.7. The minimum absolute atomic E-state index is 0.00371. The Hall–Kier alpha value is -3.85. The zero-order chi connectivity index (χ0) is 28.5. The molecule has 3 heterocycles. The van der Waals surface area contributed by atoms with Crippen molar-refractivity contribution in [2.45, 2.75) is 69.8 Å². The Kier molecular flexibility index (Phi) is 7.75. The quantitative estimate of drug-likeness (QED) is 0.442. The summed E-state index contributed by atoms with van der Waals surface area (Å²) in [6.45, 7) is 2.40. The van der Waals surface area contributed by atoms with Crippen LogP contribution >= 0.6 is 0 Å². The van der Waals surface area contributed by atoms with Crippen LogP contribution in [-0.2, 0) is 4.79 Å². The zero-order valence-electron chi connectivity index (χ0n) is 20.9. The van der Waals surface area contributed by atoms with Crippen LogP contribution in [-0.4, -0.2) is 68.8 Å². The number of anilines is 1. The van der Waals surface area contributed by atoms with Gasteiger partial charge in [0.05, 0.1) is 12.6 Å². The largest absolute Gasteiger partial charge is 0.410 e. The van der Waals surface area contributed by atoms with Crippen LogP contribution < -0.4 is 16.0 Å². The number of nitrogens with zero attached hydrogens (tertiary/aromatic N) is 4. The molecule has 4 amide bonds. The lowest BCUT2D eigenvalue weighted by molar-refractivity contribution is -0.150. The molecular weight excluding hydrogens is 533 g/mol. The van der Waals surface area contributed by atoms with Crippen LogP contribution in [0.4, 0.5) is 32.6 Å². The van der Waals surface area contributed by atoms with Gasteiger partial charge in [-0.15, -0.1) is 0 Å². The van der Waals surface area contributed by atoms with Gasteiger partial charge in [0, 0.05) is 19.0 Å². The minimum atomic E-state index is -4.61. The van der Waals surface area contributed by atoms with Crippen LogP contribution in [0.1, 0.15) is 60.4 Å². The summed E-state index contributed by atoms with van der Waals surface area (Å²) >= 11 is 0. The molecule has 11 nitrogen and oxygen atoms in total. The predicted octanol–water partition coefficient (Wildman–Crippen LogP) is 3.35. The highest BCUT2D eigenvalue weighted by atomic mass is 19.4. The molecule has 0 radical (unpaired) electrons. The number of carbonyl (C=O) groups excluding carboxylic acids is 3. The second-order valence-electron chi connectivity index (χ2n) is 9.68. The van der Waals surface area contributed by atoms with E-state index in [4.69, 9.17) is 0 Å². The van der Waals surface area contributed by atoms with Crippen LogP contribution in [0.3, 0.4) is 0 Å². The molecule has 2 aromatic rings. The van der Waals surface area contributed by atoms with Gasteiger partial charge in [0.15, 0.2) is 5.69 Å². The SMILES string of the molecule is Cc1nonc1C(=O)N[C@H](C(=O)Nc1cc(C(C)N2C[C@@H](C(F)(F)F)NC2=O)ccn1)C1CCC(F)(F)CC1. The third-order valence-corrected chi connectivity index (χ3v) is 6.99. The first-order valence-corrected chi connectivity index (χ1v) is 12.1. The van der Waals surface area contributed by atoms with E-state index in [0.717, 1.165) is 4.90 Å². The van der Waals surface area contributed by atoms with Gasteiger partial charge in [-0.05, 0) is 55.5 Å². The van der Waals surface area contributed by atoms with E-state index in [9.17, 15) is 36.3 Å². The number of nitrogens with one attached hydrogen (secondary N) is 3. The van der Waals surface area contributed by atoms with Crippen molar-refractivity contribution in [3.05, 3.63) is 35.3 Å². The molecule has 2 fully saturated rings. The highest BCUT2D eigenvalue weighted by Crippen LogP contribution is 2.38. The number of carbonyl (C=O) groups is 3. The first-order valence-electron chi connectivity index (χ1n) is 12.1. The van der Waals surface area contributed by atoms with Crippen molar-refractivity contribution in [3.8, 4) is 0 Å². The number of rotatable bonds is 7. The molecule has 0 spiro atoms. The average molecular weight is 559 g/mol. The fourth-order valence-corrected chi connectivity index (χ4v) is 4.68. The number of aromatic nitrogens is 3. The Morgan fingerprint density at radius 3 is 2.51 bits per heavy atom. The molecule has 2 aliphatic rings. The highest BCUT2D eigenvalue weighted by molar-refractivity contribution is 6.00. The Morgan fingerprint density at radius 1 is 1.23 bits per heavy atom. The summed E-state index contributed by atoms with van der Waals surface area (Å²) in [4.78, 5) is 43.3. The molecule has 1 saturated heterocycles. The van der Waals surface area contributed by atoms with E-state index in [1.807, 2.05) is 5.32 Å². The Balaban J connectivity index is 1.50. The topological polar surface area (TPSA) is 142 Å². The first-order chi connectivity index (χ1) is 18.2. The average Bonchev–Trinajstić information content (AvgIpc) is 3.48. The molecule has 1 aliphatic carbocycles. The predicted molar refractivity (Wildman–Crippen MR) is 124 cm³/mol. The van der Waals surface area contributed by atoms with Crippen molar-refractivity contribution in [2.24, 2.45) is 5.92 Å². The number of aryl methyl sites for hydroxylation is 1. The molecule has 39 heavy (non-hydrogen) atoms. The van der Waals surface area contributed by atoms with E-state index < -0.39 is 73.4 Å². The standard InChI is InChI=1S/C23H26F5N7O4/c1-11-17(34-39-33-11)19(36)32-18(13-3-6-22(24,25)7-4-13)20(37)31-16-9-14(5-8-29-16)12(2)35-10-15(23(26,27)28)30-21(35)38/h5,8-9,12-13,15,18H,3-4,6-7,10H2,1-2H3,(H,30,38)(H,32,36)(H,29,31,37)/t12?,15-,18-/m0/s1. The highest BCUT2D eigenvalue weighted by Gasteiger charge is 2.48. The number of amides is 4. The van der Waals surface area contributed by atoms with Gasteiger partial charge < -0.3 is 20.9 Å². The normalized spacial score (nSPS) is 21.3. The summed E-state index contributed by atoms with van der Waals surface area (Å²) in [6, 6.07) is -2.06. The van der Waals surface area contributed by atoms with Crippen LogP contribution in [0.25, 0.3) is 0 Å². The van der Waals surface area contributed by atoms with Crippen molar-refractivity contribution in [1.82, 2.24) is 30.8 Å². The molecule has 3 atom stereocenters. The molecule has 212 valence electrons. The fraction of sp³-hybridized carbons (Fsp3) is 0.565. The summed E-state index contributed by atoms with van der Waals surface area (Å²) in [5.41, 5.74) is 0.397. The van der Waals surface area contributed by atoms with Gasteiger partial charge in [0.25, 0.3) is 5.91 Å². The molecule has 1 unspecified atom stereocenters. The van der Waals surface area contributed by atoms with Crippen molar-refractivity contribution in [3.63, 3.8) is 0 Å². The lowest BCUT2D eigenvalue weighted by Crippen LogP contribution is -2.50. The van der Waals surface area contributed by atoms with Crippen molar-refractivity contribution >= 4 is 23.7 Å². The Morgan fingerprint density at radius 2 is 1.92 bits per heavy atom. The maximum atomic E-state index is 13.8. The number of pyridine rings is 1. The molecule has 2 aromatic heterocycles. The van der Waals surface area contributed by atoms with E-state index in [2.05, 4.69) is 30.6 Å². The van der Waals surface area contributed by atoms with E-state index >= 15 is 0 Å². The van der Waals surface area contributed by atoms with Crippen molar-refractivity contribution in [1.29, 1.82) is 0 Å². The summed E-state index contributed by atoms with van der Waals surface area (Å²) in [5, 5.41) is 14.0. The molecule has 0 aromatic carbocycles. The zero-order valence-corrected chi connectivity index (χ0v) is 20.9. The van der Waals surface area contributed by atoms with Crippen LogP contribution in [0, 0.1) is 12.8 Å². The molecule has 3 N–H and O–H groups in total. The molecular formula is C23H26F5N7O4. The molecule has 0 bridgehead atoms. The number of urea groups is 1. The number of alkyl halides is 5. The third kappa shape index (κ3) is 6.42. The van der Waals surface area contributed by atoms with E-state index in [-0.39, 0.29) is 30.0 Å². The van der Waals surface area contributed by atoms with Crippen molar-refractivity contribution < 1.29 is 41.0 Å². The maximum absolute atomic E-state index is 13.8. The van der Waals surface area contributed by atoms with E-state index in [1.54, 1.807) is 0 Å². The van der Waals surface area contributed by atoms with Gasteiger partial charge in [-0.1, -0.05) is 5.16 Å². The monoisotopic (exact) mass is 559 g/mol. The summed E-state index contributed by atoms with van der Waals surface area (Å²) in [6.07, 6.45) is -4.28. The van der Waals surface area contributed by atoms with Crippen molar-refractivity contribution in [2.75, 3.05) is 11.9 Å². The van der Waals surface area contributed by atoms with Gasteiger partial charge >= 0.3 is 12.2 Å². The lowest BCUT2D eigenvalue weighted by Gasteiger charge is -2.33. The van der Waals surface area contributed by atoms with Crippen LogP contribution in [0.15, 0.2) is 23.0 Å². The minimum Gasteiger partial charge on any atom is -0.338 e. The number of halogens is 5. The Labute approximate surface area is 218 Å². The van der Waals surface area contributed by atoms with E-state index in [1.165, 1.54) is 32.2 Å².